The van der Waals surface area contributed by atoms with Gasteiger partial charge in [-0.3, -0.25) is 8.37 Å². The lowest BCUT2D eigenvalue weighted by Gasteiger charge is -2.22. The van der Waals surface area contributed by atoms with Crippen LogP contribution in [0.15, 0.2) is 0 Å². The minimum Gasteiger partial charge on any atom is -0.262 e. The molecule has 0 aromatic carbocycles. The fraction of sp³-hybridized carbons (Fsp3) is 1.00. The first-order chi connectivity index (χ1) is 13.2. The molecule has 0 rings (SSSR count). The topological polar surface area (TPSA) is 164 Å². The van der Waals surface area contributed by atoms with Gasteiger partial charge in [-0.15, -0.1) is 0 Å². The predicted molar refractivity (Wildman–Crippen MR) is 112 cm³/mol. The van der Waals surface area contributed by atoms with Crippen LogP contribution in [-0.2, 0) is 52.7 Å². The van der Waals surface area contributed by atoms with Crippen molar-refractivity contribution in [3.63, 3.8) is 0 Å². The number of rotatable bonds is 14. The summed E-state index contributed by atoms with van der Waals surface area (Å²) in [5.41, 5.74) is -4.23. The van der Waals surface area contributed by atoms with Crippen LogP contribution in [0.5, 0.6) is 0 Å². The Morgan fingerprint density at radius 1 is 0.667 bits per heavy atom. The molecule has 0 heterocycles. The summed E-state index contributed by atoms with van der Waals surface area (Å²) < 4.78 is 108. The maximum absolute atomic E-state index is 12.0. The summed E-state index contributed by atoms with van der Waals surface area (Å²) >= 11 is 0. The van der Waals surface area contributed by atoms with Gasteiger partial charge in [0.15, 0.2) is 20.7 Å². The van der Waals surface area contributed by atoms with Gasteiger partial charge in [0.2, 0.25) is 0 Å². The van der Waals surface area contributed by atoms with Crippen LogP contribution in [0.3, 0.4) is 0 Å². The average Bonchev–Trinajstić information content (AvgIpc) is 2.46. The molecule has 0 saturated heterocycles. The summed E-state index contributed by atoms with van der Waals surface area (Å²) in [6.45, 7) is 6.67. The molecule has 0 aliphatic carbocycles. The third-order valence-electron chi connectivity index (χ3n) is 3.48. The van der Waals surface area contributed by atoms with E-state index in [1.54, 1.807) is 0 Å². The first kappa shape index (κ1) is 29.7. The summed E-state index contributed by atoms with van der Waals surface area (Å²) in [6, 6.07) is 0. The van der Waals surface area contributed by atoms with E-state index in [-0.39, 0.29) is 12.8 Å². The van der Waals surface area contributed by atoms with E-state index in [9.17, 15) is 33.7 Å². The van der Waals surface area contributed by atoms with Crippen LogP contribution in [0.4, 0.5) is 0 Å². The van der Waals surface area contributed by atoms with Gasteiger partial charge in [-0.1, -0.05) is 12.8 Å². The van der Waals surface area contributed by atoms with Crippen molar-refractivity contribution >= 4 is 40.2 Å². The molecule has 0 aliphatic rings. The Hall–Kier alpha value is -0.320. The molecule has 0 N–H and O–H groups in total. The molecule has 0 aromatic rings. The fourth-order valence-corrected chi connectivity index (χ4v) is 6.60. The van der Waals surface area contributed by atoms with E-state index in [1.165, 1.54) is 20.8 Å². The number of unbranched alkanes of at least 4 members (excludes halogenated alkanes) is 3. The van der Waals surface area contributed by atoms with Crippen molar-refractivity contribution in [2.75, 3.05) is 17.8 Å². The first-order valence-corrected chi connectivity index (χ1v) is 15.7. The predicted octanol–water partition coefficient (Wildman–Crippen LogP) is 1.12. The zero-order valence-corrected chi connectivity index (χ0v) is 21.3. The average molecular weight is 517 g/mol. The lowest BCUT2D eigenvalue weighted by Crippen LogP contribution is -2.33. The molecule has 0 fully saturated rings. The molecule has 0 aliphatic heterocycles. The highest BCUT2D eigenvalue weighted by molar-refractivity contribution is 7.92. The third kappa shape index (κ3) is 13.2. The molecule has 2 atom stereocenters. The van der Waals surface area contributed by atoms with E-state index in [1.807, 2.05) is 0 Å². The van der Waals surface area contributed by atoms with Gasteiger partial charge in [0, 0.05) is 6.26 Å². The normalized spacial score (nSPS) is 16.3. The molecular weight excluding hydrogens is 484 g/mol. The van der Waals surface area contributed by atoms with Crippen LogP contribution in [0.25, 0.3) is 0 Å². The summed E-state index contributed by atoms with van der Waals surface area (Å²) in [5, 5.41) is 0. The van der Waals surface area contributed by atoms with Gasteiger partial charge in [-0.2, -0.15) is 25.3 Å². The molecule has 182 valence electrons. The summed E-state index contributed by atoms with van der Waals surface area (Å²) in [5.74, 6) is -0.855. The third-order valence-corrected chi connectivity index (χ3v) is 9.41. The minimum atomic E-state index is -4.25. The van der Waals surface area contributed by atoms with Crippen LogP contribution in [0.1, 0.15) is 60.3 Å². The van der Waals surface area contributed by atoms with Crippen molar-refractivity contribution in [3.05, 3.63) is 0 Å². The molecule has 0 radical (unpaired) electrons. The van der Waals surface area contributed by atoms with Crippen molar-refractivity contribution in [2.45, 2.75) is 76.8 Å². The van der Waals surface area contributed by atoms with Crippen LogP contribution in [-0.4, -0.2) is 67.9 Å². The lowest BCUT2D eigenvalue weighted by molar-refractivity contribution is 0.125. The standard InChI is InChI=1S/C15H32O11S4/c1-13(27(6,16)17)24-28(18,19)11-9-7-8-10-12-29(20,21)25-14(2)30(22,23)26-15(3,4)5/h13-14H,7-12H2,1-6H3. The molecular formula is C15H32O11S4. The molecule has 0 spiro atoms. The van der Waals surface area contributed by atoms with Crippen molar-refractivity contribution in [3.8, 4) is 0 Å². The highest BCUT2D eigenvalue weighted by Crippen LogP contribution is 2.18. The summed E-state index contributed by atoms with van der Waals surface area (Å²) in [4.78, 5) is 0. The molecule has 0 amide bonds. The Kier molecular flexibility index (Phi) is 10.9. The molecule has 0 saturated carbocycles. The molecule has 15 heteroatoms. The quantitative estimate of drug-likeness (QED) is 0.240. The second kappa shape index (κ2) is 11.0. The van der Waals surface area contributed by atoms with Crippen LogP contribution in [0, 0.1) is 0 Å². The van der Waals surface area contributed by atoms with E-state index in [0.29, 0.717) is 12.8 Å². The molecule has 2 unspecified atom stereocenters. The van der Waals surface area contributed by atoms with Crippen LogP contribution < -0.4 is 0 Å². The van der Waals surface area contributed by atoms with Gasteiger partial charge in [-0.25, -0.2) is 12.6 Å². The van der Waals surface area contributed by atoms with E-state index in [2.05, 4.69) is 8.37 Å². The van der Waals surface area contributed by atoms with Crippen molar-refractivity contribution in [2.24, 2.45) is 0 Å². The zero-order chi connectivity index (χ0) is 24.0. The number of sulfone groups is 1. The summed E-state index contributed by atoms with van der Waals surface area (Å²) in [7, 11) is -16.1. The molecule has 30 heavy (non-hydrogen) atoms. The summed E-state index contributed by atoms with van der Waals surface area (Å²) in [6.07, 6.45) is 1.79. The SMILES string of the molecule is CC(OS(=O)(=O)CCCCCCS(=O)(=O)OC(C)S(=O)(=O)OC(C)(C)C)S(C)(=O)=O. The van der Waals surface area contributed by atoms with E-state index in [4.69, 9.17) is 4.18 Å². The molecule has 11 nitrogen and oxygen atoms in total. The highest BCUT2D eigenvalue weighted by atomic mass is 32.2. The Labute approximate surface area is 180 Å². The van der Waals surface area contributed by atoms with E-state index >= 15 is 0 Å². The highest BCUT2D eigenvalue weighted by Gasteiger charge is 2.32. The minimum absolute atomic E-state index is 0.121. The second-order valence-corrected chi connectivity index (χ2v) is 15.4. The van der Waals surface area contributed by atoms with Gasteiger partial charge in [0.25, 0.3) is 30.4 Å². The first-order valence-electron chi connectivity index (χ1n) is 9.12. The number of hydrogen-bond acceptors (Lipinski definition) is 11. The largest absolute Gasteiger partial charge is 0.296 e. The van der Waals surface area contributed by atoms with E-state index in [0.717, 1.165) is 20.1 Å². The zero-order valence-electron chi connectivity index (χ0n) is 18.0. The van der Waals surface area contributed by atoms with Crippen molar-refractivity contribution in [1.82, 2.24) is 0 Å². The Balaban J connectivity index is 4.41. The number of hydrogen-bond donors (Lipinski definition) is 0. The van der Waals surface area contributed by atoms with Gasteiger partial charge >= 0.3 is 0 Å². The van der Waals surface area contributed by atoms with Crippen molar-refractivity contribution in [1.29, 1.82) is 0 Å². The Bertz CT molecular complexity index is 956. The van der Waals surface area contributed by atoms with Crippen LogP contribution in [0.2, 0.25) is 0 Å². The fourth-order valence-electron chi connectivity index (χ4n) is 1.96. The molecule has 0 aromatic heterocycles. The molecule has 0 bridgehead atoms. The second-order valence-electron chi connectivity index (χ2n) is 7.78. The van der Waals surface area contributed by atoms with Gasteiger partial charge in [0.1, 0.15) is 0 Å². The Morgan fingerprint density at radius 3 is 1.37 bits per heavy atom. The monoisotopic (exact) mass is 516 g/mol. The van der Waals surface area contributed by atoms with Crippen molar-refractivity contribution < 1.29 is 46.2 Å². The van der Waals surface area contributed by atoms with E-state index < -0.39 is 68.2 Å². The lowest BCUT2D eigenvalue weighted by atomic mass is 10.2. The smallest absolute Gasteiger partial charge is 0.262 e. The maximum Gasteiger partial charge on any atom is 0.296 e. The van der Waals surface area contributed by atoms with Gasteiger partial charge in [-0.05, 0) is 47.5 Å². The maximum atomic E-state index is 12.0. The van der Waals surface area contributed by atoms with Gasteiger partial charge in [0.05, 0.1) is 17.1 Å². The van der Waals surface area contributed by atoms with Gasteiger partial charge < -0.3 is 0 Å². The Morgan fingerprint density at radius 2 is 1.03 bits per heavy atom. The van der Waals surface area contributed by atoms with Crippen LogP contribution >= 0.6 is 0 Å².